The summed E-state index contributed by atoms with van der Waals surface area (Å²) < 4.78 is 13.4. The first-order chi connectivity index (χ1) is 7.75. The normalized spacial score (nSPS) is 18.9. The summed E-state index contributed by atoms with van der Waals surface area (Å²) >= 11 is 0. The summed E-state index contributed by atoms with van der Waals surface area (Å²) in [6, 6.07) is 7.52. The van der Waals surface area contributed by atoms with Crippen LogP contribution >= 0.6 is 0 Å². The van der Waals surface area contributed by atoms with Gasteiger partial charge in [0.15, 0.2) is 0 Å². The molecule has 3 heteroatoms. The summed E-state index contributed by atoms with van der Waals surface area (Å²) in [5.41, 5.74) is 0.765. The van der Waals surface area contributed by atoms with Crippen LogP contribution in [0.5, 0.6) is 0 Å². The Morgan fingerprint density at radius 3 is 2.69 bits per heavy atom. The average molecular weight is 222 g/mol. The molecule has 0 atom stereocenters. The Bertz CT molecular complexity index is 332. The Kier molecular flexibility index (Phi) is 3.91. The van der Waals surface area contributed by atoms with Gasteiger partial charge in [-0.25, -0.2) is 4.39 Å². The summed E-state index contributed by atoms with van der Waals surface area (Å²) in [5, 5.41) is 3.43. The van der Waals surface area contributed by atoms with Gasteiger partial charge in [-0.3, -0.25) is 0 Å². The Morgan fingerprint density at radius 2 is 2.00 bits per heavy atom. The van der Waals surface area contributed by atoms with Gasteiger partial charge in [0.05, 0.1) is 0 Å². The molecule has 1 fully saturated rings. The largest absolute Gasteiger partial charge is 0.310 e. The van der Waals surface area contributed by atoms with Crippen molar-refractivity contribution in [1.29, 1.82) is 0 Å². The predicted molar refractivity (Wildman–Crippen MR) is 63.8 cm³/mol. The number of hydrogen-bond acceptors (Lipinski definition) is 2. The fourth-order valence-electron chi connectivity index (χ4n) is 2.11. The molecule has 0 amide bonds. The second kappa shape index (κ2) is 5.41. The van der Waals surface area contributed by atoms with Crippen molar-refractivity contribution in [3.63, 3.8) is 0 Å². The third kappa shape index (κ3) is 3.03. The van der Waals surface area contributed by atoms with Crippen molar-refractivity contribution in [3.05, 3.63) is 35.6 Å². The monoisotopic (exact) mass is 222 g/mol. The Morgan fingerprint density at radius 1 is 1.31 bits per heavy atom. The number of halogens is 1. The van der Waals surface area contributed by atoms with Crippen molar-refractivity contribution in [2.45, 2.75) is 25.4 Å². The van der Waals surface area contributed by atoms with Gasteiger partial charge in [-0.1, -0.05) is 18.2 Å². The average Bonchev–Trinajstić information content (AvgIpc) is 2.30. The molecule has 1 aliphatic heterocycles. The molecule has 2 nitrogen and oxygen atoms in total. The minimum atomic E-state index is -0.108. The summed E-state index contributed by atoms with van der Waals surface area (Å²) in [7, 11) is 2.15. The van der Waals surface area contributed by atoms with Crippen LogP contribution in [0.3, 0.4) is 0 Å². The first-order valence-electron chi connectivity index (χ1n) is 5.91. The van der Waals surface area contributed by atoms with Crippen LogP contribution in [-0.4, -0.2) is 31.1 Å². The molecule has 0 aromatic heterocycles. The fraction of sp³-hybridized carbons (Fsp3) is 0.538. The number of rotatable bonds is 3. The molecule has 2 rings (SSSR count). The minimum Gasteiger partial charge on any atom is -0.310 e. The zero-order valence-corrected chi connectivity index (χ0v) is 9.75. The summed E-state index contributed by atoms with van der Waals surface area (Å²) in [6.45, 7) is 2.91. The maximum Gasteiger partial charge on any atom is 0.127 e. The maximum absolute atomic E-state index is 13.4. The van der Waals surface area contributed by atoms with E-state index in [1.165, 1.54) is 6.07 Å². The van der Waals surface area contributed by atoms with Gasteiger partial charge < -0.3 is 10.2 Å². The highest BCUT2D eigenvalue weighted by molar-refractivity contribution is 5.17. The van der Waals surface area contributed by atoms with E-state index >= 15 is 0 Å². The molecule has 88 valence electrons. The van der Waals surface area contributed by atoms with Crippen molar-refractivity contribution in [2.75, 3.05) is 20.1 Å². The Hall–Kier alpha value is -0.930. The first kappa shape index (κ1) is 11.6. The molecule has 0 radical (unpaired) electrons. The number of piperidine rings is 1. The van der Waals surface area contributed by atoms with Crippen LogP contribution in [0.15, 0.2) is 24.3 Å². The van der Waals surface area contributed by atoms with E-state index in [2.05, 4.69) is 17.3 Å². The standard InChI is InChI=1S/C13H19FN2/c1-16-8-6-12(7-9-16)15-10-11-4-2-3-5-13(11)14/h2-5,12,15H,6-10H2,1H3. The van der Waals surface area contributed by atoms with Crippen LogP contribution in [0.4, 0.5) is 4.39 Å². The summed E-state index contributed by atoms with van der Waals surface area (Å²) in [6.07, 6.45) is 2.32. The van der Waals surface area contributed by atoms with Crippen LogP contribution in [-0.2, 0) is 6.54 Å². The lowest BCUT2D eigenvalue weighted by molar-refractivity contribution is 0.233. The summed E-state index contributed by atoms with van der Waals surface area (Å²) in [5.74, 6) is -0.108. The molecule has 0 spiro atoms. The second-order valence-electron chi connectivity index (χ2n) is 4.55. The van der Waals surface area contributed by atoms with E-state index in [0.29, 0.717) is 12.6 Å². The highest BCUT2D eigenvalue weighted by Crippen LogP contribution is 2.11. The van der Waals surface area contributed by atoms with Gasteiger partial charge in [0.2, 0.25) is 0 Å². The highest BCUT2D eigenvalue weighted by atomic mass is 19.1. The molecule has 0 bridgehead atoms. The van der Waals surface area contributed by atoms with Crippen molar-refractivity contribution < 1.29 is 4.39 Å². The van der Waals surface area contributed by atoms with Gasteiger partial charge in [-0.05, 0) is 39.0 Å². The molecule has 1 N–H and O–H groups in total. The zero-order valence-electron chi connectivity index (χ0n) is 9.75. The van der Waals surface area contributed by atoms with Crippen LogP contribution in [0.25, 0.3) is 0 Å². The lowest BCUT2D eigenvalue weighted by atomic mass is 10.1. The van der Waals surface area contributed by atoms with E-state index < -0.39 is 0 Å². The molecule has 1 aliphatic rings. The molecule has 1 heterocycles. The van der Waals surface area contributed by atoms with Crippen molar-refractivity contribution in [3.8, 4) is 0 Å². The molecule has 16 heavy (non-hydrogen) atoms. The van der Waals surface area contributed by atoms with Gasteiger partial charge in [0.25, 0.3) is 0 Å². The number of nitrogens with zero attached hydrogens (tertiary/aromatic N) is 1. The predicted octanol–water partition coefficient (Wildman–Crippen LogP) is 2.01. The van der Waals surface area contributed by atoms with E-state index in [4.69, 9.17) is 0 Å². The highest BCUT2D eigenvalue weighted by Gasteiger charge is 2.16. The van der Waals surface area contributed by atoms with Crippen molar-refractivity contribution in [1.82, 2.24) is 10.2 Å². The van der Waals surface area contributed by atoms with Gasteiger partial charge in [-0.15, -0.1) is 0 Å². The zero-order chi connectivity index (χ0) is 11.4. The number of nitrogens with one attached hydrogen (secondary N) is 1. The Labute approximate surface area is 96.5 Å². The third-order valence-corrected chi connectivity index (χ3v) is 3.26. The Balaban J connectivity index is 1.81. The number of likely N-dealkylation sites (tertiary alicyclic amines) is 1. The topological polar surface area (TPSA) is 15.3 Å². The van der Waals surface area contributed by atoms with Gasteiger partial charge in [0.1, 0.15) is 5.82 Å². The van der Waals surface area contributed by atoms with E-state index in [1.54, 1.807) is 6.07 Å². The summed E-state index contributed by atoms with van der Waals surface area (Å²) in [4.78, 5) is 2.33. The lowest BCUT2D eigenvalue weighted by Gasteiger charge is -2.29. The minimum absolute atomic E-state index is 0.108. The molecular weight excluding hydrogens is 203 g/mol. The van der Waals surface area contributed by atoms with Crippen LogP contribution < -0.4 is 5.32 Å². The maximum atomic E-state index is 13.4. The molecule has 1 aromatic carbocycles. The van der Waals surface area contributed by atoms with Crippen LogP contribution in [0.1, 0.15) is 18.4 Å². The second-order valence-corrected chi connectivity index (χ2v) is 4.55. The molecule has 0 saturated carbocycles. The number of benzene rings is 1. The van der Waals surface area contributed by atoms with Gasteiger partial charge in [0, 0.05) is 18.2 Å². The van der Waals surface area contributed by atoms with Crippen molar-refractivity contribution >= 4 is 0 Å². The van der Waals surface area contributed by atoms with Crippen molar-refractivity contribution in [2.24, 2.45) is 0 Å². The smallest absolute Gasteiger partial charge is 0.127 e. The number of hydrogen-bond donors (Lipinski definition) is 1. The molecule has 0 unspecified atom stereocenters. The molecule has 0 aliphatic carbocycles. The van der Waals surface area contributed by atoms with Crippen LogP contribution in [0, 0.1) is 5.82 Å². The molecule has 1 saturated heterocycles. The molecular formula is C13H19FN2. The lowest BCUT2D eigenvalue weighted by Crippen LogP contribution is -2.40. The first-order valence-corrected chi connectivity index (χ1v) is 5.91. The van der Waals surface area contributed by atoms with Gasteiger partial charge in [-0.2, -0.15) is 0 Å². The fourth-order valence-corrected chi connectivity index (χ4v) is 2.11. The van der Waals surface area contributed by atoms with E-state index in [1.807, 2.05) is 12.1 Å². The van der Waals surface area contributed by atoms with Gasteiger partial charge >= 0.3 is 0 Å². The quantitative estimate of drug-likeness (QED) is 0.841. The third-order valence-electron chi connectivity index (χ3n) is 3.26. The molecule has 1 aromatic rings. The van der Waals surface area contributed by atoms with E-state index in [9.17, 15) is 4.39 Å². The van der Waals surface area contributed by atoms with E-state index in [-0.39, 0.29) is 5.82 Å². The van der Waals surface area contributed by atoms with Crippen LogP contribution in [0.2, 0.25) is 0 Å². The van der Waals surface area contributed by atoms with E-state index in [0.717, 1.165) is 31.5 Å². The SMILES string of the molecule is CN1CCC(NCc2ccccc2F)CC1.